The van der Waals surface area contributed by atoms with E-state index in [1.54, 1.807) is 5.57 Å². The predicted molar refractivity (Wildman–Crippen MR) is 95.4 cm³/mol. The molecular weight excluding hydrogens is 310 g/mol. The Bertz CT molecular complexity index is 643. The van der Waals surface area contributed by atoms with Crippen molar-refractivity contribution in [3.63, 3.8) is 0 Å². The summed E-state index contributed by atoms with van der Waals surface area (Å²) in [5.74, 6) is 2.31. The Morgan fingerprint density at radius 1 is 1.04 bits per heavy atom. The minimum atomic E-state index is -0.305. The molecule has 6 atom stereocenters. The quantitative estimate of drug-likeness (QED) is 0.593. The number of allylic oxidation sites excluding steroid dienone is 1. The number of rotatable bonds is 0. The van der Waals surface area contributed by atoms with Gasteiger partial charge in [-0.25, -0.2) is 0 Å². The largest absolute Gasteiger partial charge is 0.347 e. The van der Waals surface area contributed by atoms with Crippen LogP contribution in [0.15, 0.2) is 11.6 Å². The zero-order valence-corrected chi connectivity index (χ0v) is 15.7. The molecule has 5 rings (SSSR count). The molecular formula is C22H31NO2. The fourth-order valence-corrected chi connectivity index (χ4v) is 7.56. The Balaban J connectivity index is 1.45. The first-order chi connectivity index (χ1) is 12.0. The zero-order chi connectivity index (χ0) is 17.3. The average Bonchev–Trinajstić information content (AvgIpc) is 3.19. The summed E-state index contributed by atoms with van der Waals surface area (Å²) >= 11 is 0. The van der Waals surface area contributed by atoms with E-state index >= 15 is 0 Å². The van der Waals surface area contributed by atoms with Crippen molar-refractivity contribution < 1.29 is 9.47 Å². The predicted octanol–water partition coefficient (Wildman–Crippen LogP) is 4.83. The number of hydrogen-bond acceptors (Lipinski definition) is 3. The van der Waals surface area contributed by atoms with E-state index in [4.69, 9.17) is 9.47 Å². The van der Waals surface area contributed by atoms with Crippen LogP contribution in [0.3, 0.4) is 0 Å². The summed E-state index contributed by atoms with van der Waals surface area (Å²) in [6.07, 6.45) is 11.9. The molecule has 0 N–H and O–H groups in total. The van der Waals surface area contributed by atoms with Gasteiger partial charge in [0.1, 0.15) is 0 Å². The summed E-state index contributed by atoms with van der Waals surface area (Å²) in [4.78, 5) is 0. The Kier molecular flexibility index (Phi) is 3.48. The van der Waals surface area contributed by atoms with Crippen LogP contribution in [0.1, 0.15) is 65.2 Å². The molecule has 0 radical (unpaired) electrons. The van der Waals surface area contributed by atoms with Crippen molar-refractivity contribution in [3.05, 3.63) is 11.6 Å². The fourth-order valence-electron chi connectivity index (χ4n) is 7.56. The summed E-state index contributed by atoms with van der Waals surface area (Å²) in [7, 11) is 0. The average molecular weight is 341 g/mol. The lowest BCUT2D eigenvalue weighted by molar-refractivity contribution is -0.185. The zero-order valence-electron chi connectivity index (χ0n) is 15.7. The van der Waals surface area contributed by atoms with E-state index < -0.39 is 0 Å². The molecule has 1 saturated heterocycles. The van der Waals surface area contributed by atoms with Crippen LogP contribution in [0.2, 0.25) is 0 Å². The van der Waals surface area contributed by atoms with E-state index in [2.05, 4.69) is 26.0 Å². The van der Waals surface area contributed by atoms with Crippen LogP contribution >= 0.6 is 0 Å². The molecule has 3 heteroatoms. The molecule has 0 bridgehead atoms. The maximum atomic E-state index is 9.63. The molecule has 0 aromatic carbocycles. The molecule has 5 aliphatic rings. The van der Waals surface area contributed by atoms with Gasteiger partial charge in [0.05, 0.1) is 25.2 Å². The Morgan fingerprint density at radius 2 is 1.84 bits per heavy atom. The van der Waals surface area contributed by atoms with E-state index in [9.17, 15) is 5.26 Å². The van der Waals surface area contributed by atoms with Crippen molar-refractivity contribution in [1.82, 2.24) is 0 Å². The van der Waals surface area contributed by atoms with E-state index in [0.29, 0.717) is 5.41 Å². The molecule has 1 spiro atoms. The number of nitriles is 1. The van der Waals surface area contributed by atoms with Crippen LogP contribution in [-0.2, 0) is 9.47 Å². The first-order valence-corrected chi connectivity index (χ1v) is 10.4. The molecule has 3 nitrogen and oxygen atoms in total. The Labute approximate surface area is 151 Å². The second-order valence-electron chi connectivity index (χ2n) is 9.85. The topological polar surface area (TPSA) is 42.2 Å². The second kappa shape index (κ2) is 5.33. The third-order valence-corrected chi connectivity index (χ3v) is 9.08. The van der Waals surface area contributed by atoms with E-state index in [1.807, 2.05) is 0 Å². The van der Waals surface area contributed by atoms with Gasteiger partial charge >= 0.3 is 0 Å². The number of nitrogens with zero attached hydrogens (tertiary/aromatic N) is 1. The maximum Gasteiger partial charge on any atom is 0.172 e. The molecule has 0 unspecified atom stereocenters. The molecule has 1 heterocycles. The minimum absolute atomic E-state index is 0.269. The third-order valence-electron chi connectivity index (χ3n) is 9.08. The van der Waals surface area contributed by atoms with Crippen molar-refractivity contribution >= 4 is 0 Å². The summed E-state index contributed by atoms with van der Waals surface area (Å²) in [5.41, 5.74) is 2.21. The molecule has 4 fully saturated rings. The van der Waals surface area contributed by atoms with Crippen molar-refractivity contribution in [1.29, 1.82) is 5.26 Å². The van der Waals surface area contributed by atoms with E-state index in [0.717, 1.165) is 50.2 Å². The van der Waals surface area contributed by atoms with Gasteiger partial charge in [-0.2, -0.15) is 5.26 Å². The van der Waals surface area contributed by atoms with Gasteiger partial charge in [-0.05, 0) is 67.1 Å². The van der Waals surface area contributed by atoms with Crippen LogP contribution in [-0.4, -0.2) is 19.0 Å². The van der Waals surface area contributed by atoms with Gasteiger partial charge in [0, 0.05) is 12.8 Å². The van der Waals surface area contributed by atoms with Gasteiger partial charge < -0.3 is 9.47 Å². The normalized spacial score (nSPS) is 50.5. The monoisotopic (exact) mass is 341 g/mol. The number of hydrogen-bond donors (Lipinski definition) is 0. The highest BCUT2D eigenvalue weighted by Gasteiger charge is 2.60. The summed E-state index contributed by atoms with van der Waals surface area (Å²) in [5, 5.41) is 9.63. The standard InChI is InChI=1S/C22H31NO2/c1-20-8-7-19-17(18(20)6-4-16(20)14-23)5-3-15-13-22(24-11-12-25-22)10-9-21(15,19)2/h3,16-19H,4-13H2,1-2H3/t16-,17+,18+,19-,20-,21+/m1/s1. The van der Waals surface area contributed by atoms with Gasteiger partial charge in [0.25, 0.3) is 0 Å². The molecule has 4 aliphatic carbocycles. The highest BCUT2D eigenvalue weighted by atomic mass is 16.7. The maximum absolute atomic E-state index is 9.63. The van der Waals surface area contributed by atoms with Crippen LogP contribution in [0.25, 0.3) is 0 Å². The fraction of sp³-hybridized carbons (Fsp3) is 0.864. The number of fused-ring (bicyclic) bond motifs is 5. The van der Waals surface area contributed by atoms with Gasteiger partial charge in [-0.3, -0.25) is 0 Å². The van der Waals surface area contributed by atoms with Crippen LogP contribution in [0.4, 0.5) is 0 Å². The molecule has 136 valence electrons. The molecule has 1 aliphatic heterocycles. The lowest BCUT2D eigenvalue weighted by Gasteiger charge is -2.58. The Morgan fingerprint density at radius 3 is 2.60 bits per heavy atom. The van der Waals surface area contributed by atoms with Crippen molar-refractivity contribution in [2.45, 2.75) is 71.0 Å². The molecule has 3 saturated carbocycles. The van der Waals surface area contributed by atoms with Gasteiger partial charge in [-0.1, -0.05) is 25.5 Å². The Hall–Kier alpha value is -0.850. The van der Waals surface area contributed by atoms with Gasteiger partial charge in [-0.15, -0.1) is 0 Å². The van der Waals surface area contributed by atoms with E-state index in [-0.39, 0.29) is 17.1 Å². The van der Waals surface area contributed by atoms with E-state index in [1.165, 1.54) is 32.1 Å². The smallest absolute Gasteiger partial charge is 0.172 e. The highest BCUT2D eigenvalue weighted by Crippen LogP contribution is 2.66. The first kappa shape index (κ1) is 16.3. The lowest BCUT2D eigenvalue weighted by Crippen LogP contribution is -2.52. The molecule has 25 heavy (non-hydrogen) atoms. The van der Waals surface area contributed by atoms with Crippen LogP contribution in [0.5, 0.6) is 0 Å². The van der Waals surface area contributed by atoms with Crippen LogP contribution in [0, 0.1) is 45.8 Å². The molecule has 0 aromatic heterocycles. The second-order valence-corrected chi connectivity index (χ2v) is 9.85. The lowest BCUT2D eigenvalue weighted by atomic mass is 9.47. The number of ether oxygens (including phenoxy) is 2. The first-order valence-electron chi connectivity index (χ1n) is 10.4. The van der Waals surface area contributed by atoms with Crippen molar-refractivity contribution in [3.8, 4) is 6.07 Å². The van der Waals surface area contributed by atoms with Gasteiger partial charge in [0.2, 0.25) is 0 Å². The van der Waals surface area contributed by atoms with Crippen LogP contribution < -0.4 is 0 Å². The summed E-state index contributed by atoms with van der Waals surface area (Å²) < 4.78 is 12.1. The third kappa shape index (κ3) is 2.10. The van der Waals surface area contributed by atoms with Crippen molar-refractivity contribution in [2.24, 2.45) is 34.5 Å². The van der Waals surface area contributed by atoms with Crippen molar-refractivity contribution in [2.75, 3.05) is 13.2 Å². The highest BCUT2D eigenvalue weighted by molar-refractivity contribution is 5.27. The minimum Gasteiger partial charge on any atom is -0.347 e. The molecule has 0 amide bonds. The summed E-state index contributed by atoms with van der Waals surface area (Å²) in [6.45, 7) is 6.46. The van der Waals surface area contributed by atoms with Gasteiger partial charge in [0.15, 0.2) is 5.79 Å². The SMILES string of the molecule is C[C@]12CC[C@@H]3[C@@H](CC=C4CC5(CC[C@@]43C)OCCO5)[C@@H]1CC[C@@H]2C#N. The summed E-state index contributed by atoms with van der Waals surface area (Å²) in [6, 6.07) is 2.65. The molecule has 0 aromatic rings.